The zero-order chi connectivity index (χ0) is 28.4. The Balaban J connectivity index is 4.28. The summed E-state index contributed by atoms with van der Waals surface area (Å²) in [5.41, 5.74) is 0.812. The molecule has 0 radical (unpaired) electrons. The molecule has 0 aliphatic carbocycles. The third kappa shape index (κ3) is 24.5. The van der Waals surface area contributed by atoms with Gasteiger partial charge in [0.15, 0.2) is 6.10 Å². The molecular weight excluding hydrogens is 502 g/mol. The van der Waals surface area contributed by atoms with Gasteiger partial charge in [0.25, 0.3) is 0 Å². The molecule has 0 fully saturated rings. The smallest absolute Gasteiger partial charge is 0.308 e. The van der Waals surface area contributed by atoms with Crippen LogP contribution >= 0.6 is 0 Å². The molecule has 0 aromatic heterocycles. The Kier molecular flexibility index (Phi) is 22.2. The summed E-state index contributed by atoms with van der Waals surface area (Å²) in [4.78, 5) is 51.6. The van der Waals surface area contributed by atoms with Crippen molar-refractivity contribution in [1.29, 1.82) is 0 Å². The Labute approximate surface area is 224 Å². The molecule has 216 valence electrons. The maximum atomic E-state index is 12.1. The van der Waals surface area contributed by atoms with Crippen molar-refractivity contribution in [3.05, 3.63) is 0 Å². The van der Waals surface area contributed by atoms with E-state index >= 15 is 0 Å². The van der Waals surface area contributed by atoms with E-state index in [-0.39, 0.29) is 52.1 Å². The van der Waals surface area contributed by atoms with Crippen LogP contribution in [0.25, 0.3) is 0 Å². The minimum absolute atomic E-state index is 0.0241. The summed E-state index contributed by atoms with van der Waals surface area (Å²) in [7, 11) is 0. The van der Waals surface area contributed by atoms with Crippen molar-refractivity contribution < 1.29 is 52.8 Å². The molecular formula is C26H41NO11. The molecule has 0 aliphatic rings. The maximum absolute atomic E-state index is 12.1. The fraction of sp³-hybridized carbons (Fsp3) is 0.731. The van der Waals surface area contributed by atoms with Gasteiger partial charge in [0, 0.05) is 25.7 Å². The Morgan fingerprint density at radius 1 is 0.763 bits per heavy atom. The lowest BCUT2D eigenvalue weighted by molar-refractivity contribution is -0.167. The number of terminal acetylenes is 1. The average molecular weight is 544 g/mol. The maximum Gasteiger partial charge on any atom is 0.308 e. The number of hydrogen-bond donors (Lipinski definition) is 1. The third-order valence-electron chi connectivity index (χ3n) is 4.52. The number of carbonyl (C=O) groups excluding carboxylic acids is 3. The molecule has 0 unspecified atom stereocenters. The first kappa shape index (κ1) is 34.8. The van der Waals surface area contributed by atoms with Crippen molar-refractivity contribution in [2.75, 3.05) is 46.2 Å². The fourth-order valence-corrected chi connectivity index (χ4v) is 2.68. The van der Waals surface area contributed by atoms with Crippen LogP contribution in [0.2, 0.25) is 0 Å². The minimum Gasteiger partial charge on any atom is -0.481 e. The molecule has 0 saturated heterocycles. The largest absolute Gasteiger partial charge is 0.481 e. The molecule has 0 rings (SSSR count). The highest BCUT2D eigenvalue weighted by atomic mass is 16.6. The van der Waals surface area contributed by atoms with E-state index in [1.165, 1.54) is 0 Å². The van der Waals surface area contributed by atoms with Gasteiger partial charge >= 0.3 is 23.9 Å². The van der Waals surface area contributed by atoms with Crippen LogP contribution in [0.5, 0.6) is 0 Å². The van der Waals surface area contributed by atoms with E-state index in [9.17, 15) is 19.2 Å². The number of rotatable bonds is 24. The summed E-state index contributed by atoms with van der Waals surface area (Å²) >= 11 is 0. The van der Waals surface area contributed by atoms with Crippen molar-refractivity contribution in [2.24, 2.45) is 5.16 Å². The van der Waals surface area contributed by atoms with Crippen LogP contribution in [0.3, 0.4) is 0 Å². The van der Waals surface area contributed by atoms with E-state index in [2.05, 4.69) is 11.1 Å². The van der Waals surface area contributed by atoms with Crippen molar-refractivity contribution >= 4 is 29.6 Å². The second kappa shape index (κ2) is 24.2. The van der Waals surface area contributed by atoms with Crippen molar-refractivity contribution in [2.45, 2.75) is 77.7 Å². The topological polar surface area (TPSA) is 156 Å². The van der Waals surface area contributed by atoms with Gasteiger partial charge in [0.05, 0.1) is 38.6 Å². The molecule has 0 bridgehead atoms. The van der Waals surface area contributed by atoms with Gasteiger partial charge in [-0.1, -0.05) is 11.6 Å². The normalized spacial score (nSPS) is 11.1. The molecule has 0 saturated carbocycles. The van der Waals surface area contributed by atoms with Crippen LogP contribution in [0.4, 0.5) is 0 Å². The van der Waals surface area contributed by atoms with Crippen LogP contribution < -0.4 is 0 Å². The van der Waals surface area contributed by atoms with Crippen LogP contribution in [0.15, 0.2) is 5.16 Å². The lowest BCUT2D eigenvalue weighted by Gasteiger charge is -2.18. The molecule has 0 aromatic carbocycles. The van der Waals surface area contributed by atoms with E-state index in [0.29, 0.717) is 51.9 Å². The average Bonchev–Trinajstić information content (AvgIpc) is 2.86. The minimum atomic E-state index is -0.973. The van der Waals surface area contributed by atoms with Gasteiger partial charge in [-0.25, -0.2) is 0 Å². The number of unbranched alkanes of at least 4 members (excludes halogenated alkanes) is 3. The highest BCUT2D eigenvalue weighted by Gasteiger charge is 2.19. The molecule has 12 nitrogen and oxygen atoms in total. The third-order valence-corrected chi connectivity index (χ3v) is 4.52. The Morgan fingerprint density at radius 3 is 1.97 bits per heavy atom. The van der Waals surface area contributed by atoms with Gasteiger partial charge in [-0.15, -0.1) is 12.3 Å². The van der Waals surface area contributed by atoms with Gasteiger partial charge < -0.3 is 33.6 Å². The number of ether oxygens (including phenoxy) is 5. The molecule has 0 aromatic rings. The summed E-state index contributed by atoms with van der Waals surface area (Å²) < 4.78 is 26.2. The number of carbonyl (C=O) groups is 4. The van der Waals surface area contributed by atoms with Gasteiger partial charge in [0.1, 0.15) is 19.8 Å². The summed E-state index contributed by atoms with van der Waals surface area (Å²) in [5.74, 6) is -0.0940. The SMILES string of the molecule is C#CCCCC(=O)OC[C@@H](COC(=O)CCOCCOCCON=C(C)C)OC(=O)CCCCCC(=O)O. The Morgan fingerprint density at radius 2 is 1.34 bits per heavy atom. The van der Waals surface area contributed by atoms with Gasteiger partial charge in [-0.3, -0.25) is 19.2 Å². The Hall–Kier alpha value is -3.17. The molecule has 0 aliphatic heterocycles. The lowest BCUT2D eigenvalue weighted by Crippen LogP contribution is -2.31. The number of carboxylic acids is 1. The first-order chi connectivity index (χ1) is 18.2. The van der Waals surface area contributed by atoms with Gasteiger partial charge in [-0.2, -0.15) is 0 Å². The van der Waals surface area contributed by atoms with Crippen LogP contribution in [-0.2, 0) is 47.7 Å². The highest BCUT2D eigenvalue weighted by molar-refractivity contribution is 5.78. The van der Waals surface area contributed by atoms with E-state index in [4.69, 9.17) is 40.1 Å². The molecule has 0 heterocycles. The lowest BCUT2D eigenvalue weighted by atomic mass is 10.1. The number of nitrogens with zero attached hydrogens (tertiary/aromatic N) is 1. The Bertz CT molecular complexity index is 757. The van der Waals surface area contributed by atoms with Crippen LogP contribution in [0, 0.1) is 12.3 Å². The predicted octanol–water partition coefficient (Wildman–Crippen LogP) is 2.66. The second-order valence-electron chi connectivity index (χ2n) is 8.34. The van der Waals surface area contributed by atoms with Crippen molar-refractivity contribution in [3.63, 3.8) is 0 Å². The van der Waals surface area contributed by atoms with Crippen LogP contribution in [-0.4, -0.2) is 87.0 Å². The van der Waals surface area contributed by atoms with E-state index < -0.39 is 30.0 Å². The summed E-state index contributed by atoms with van der Waals surface area (Å²) in [6, 6.07) is 0. The van der Waals surface area contributed by atoms with E-state index in [0.717, 1.165) is 5.71 Å². The first-order valence-corrected chi connectivity index (χ1v) is 12.7. The highest BCUT2D eigenvalue weighted by Crippen LogP contribution is 2.07. The summed E-state index contributed by atoms with van der Waals surface area (Å²) in [5, 5.41) is 12.4. The first-order valence-electron chi connectivity index (χ1n) is 12.7. The van der Waals surface area contributed by atoms with E-state index in [1.54, 1.807) is 0 Å². The molecule has 1 atom stereocenters. The number of hydrogen-bond acceptors (Lipinski definition) is 11. The second-order valence-corrected chi connectivity index (χ2v) is 8.34. The predicted molar refractivity (Wildman–Crippen MR) is 136 cm³/mol. The molecule has 38 heavy (non-hydrogen) atoms. The van der Waals surface area contributed by atoms with E-state index in [1.807, 2.05) is 13.8 Å². The summed E-state index contributed by atoms with van der Waals surface area (Å²) in [6.07, 6.45) is 6.74. The molecule has 0 spiro atoms. The zero-order valence-corrected chi connectivity index (χ0v) is 22.4. The summed E-state index contributed by atoms with van der Waals surface area (Å²) in [6.45, 7) is 4.50. The molecule has 1 N–H and O–H groups in total. The molecule has 0 amide bonds. The van der Waals surface area contributed by atoms with Gasteiger partial charge in [-0.05, 0) is 33.1 Å². The number of oxime groups is 1. The number of esters is 3. The fourth-order valence-electron chi connectivity index (χ4n) is 2.68. The molecule has 12 heteroatoms. The standard InChI is InChI=1S/C26H41NO11/c1-4-5-7-11-24(30)35-19-22(38-26(32)12-9-6-8-10-23(28)29)20-36-25(31)13-14-33-15-16-34-17-18-37-27-21(2)3/h1,22H,5-20H2,2-3H3,(H,28,29)/t22-/m0/s1. The number of carboxylic acid groups (broad SMARTS) is 1. The quantitative estimate of drug-likeness (QED) is 0.0477. The van der Waals surface area contributed by atoms with Crippen molar-refractivity contribution in [3.8, 4) is 12.3 Å². The monoisotopic (exact) mass is 543 g/mol. The van der Waals surface area contributed by atoms with Gasteiger partial charge in [0.2, 0.25) is 0 Å². The van der Waals surface area contributed by atoms with Crippen LogP contribution in [0.1, 0.15) is 71.6 Å². The number of aliphatic carboxylic acids is 1. The van der Waals surface area contributed by atoms with Crippen molar-refractivity contribution in [1.82, 2.24) is 0 Å². The zero-order valence-electron chi connectivity index (χ0n) is 22.4.